The lowest BCUT2D eigenvalue weighted by Gasteiger charge is -2.28. The van der Waals surface area contributed by atoms with Gasteiger partial charge in [0.15, 0.2) is 5.65 Å². The first-order valence-corrected chi connectivity index (χ1v) is 10.6. The van der Waals surface area contributed by atoms with Gasteiger partial charge in [-0.15, -0.1) is 0 Å². The maximum absolute atomic E-state index is 13.2. The Morgan fingerprint density at radius 3 is 2.70 bits per heavy atom. The summed E-state index contributed by atoms with van der Waals surface area (Å²) in [6, 6.07) is 3.97. The second-order valence-electron chi connectivity index (χ2n) is 8.99. The van der Waals surface area contributed by atoms with Crippen molar-refractivity contribution < 1.29 is 9.53 Å². The van der Waals surface area contributed by atoms with E-state index in [1.165, 1.54) is 0 Å². The number of carbonyl (C=O) groups excluding carboxylic acids is 1. The lowest BCUT2D eigenvalue weighted by atomic mass is 10.1. The van der Waals surface area contributed by atoms with Crippen LogP contribution < -0.4 is 4.90 Å². The number of halogens is 1. The van der Waals surface area contributed by atoms with Crippen molar-refractivity contribution in [1.82, 2.24) is 24.4 Å². The van der Waals surface area contributed by atoms with Gasteiger partial charge in [0.05, 0.1) is 24.5 Å². The van der Waals surface area contributed by atoms with Crippen molar-refractivity contribution in [3.63, 3.8) is 0 Å². The number of amides is 1. The summed E-state index contributed by atoms with van der Waals surface area (Å²) in [5.41, 5.74) is 1.89. The summed E-state index contributed by atoms with van der Waals surface area (Å²) >= 11 is 6.36. The quantitative estimate of drug-likeness (QED) is 0.533. The second-order valence-corrected chi connectivity index (χ2v) is 9.38. The predicted molar refractivity (Wildman–Crippen MR) is 115 cm³/mol. The van der Waals surface area contributed by atoms with Crippen LogP contribution >= 0.6 is 11.6 Å². The minimum absolute atomic E-state index is 0.215. The first-order valence-electron chi connectivity index (χ1n) is 10.2. The smallest absolute Gasteiger partial charge is 0.416 e. The molecular formula is C21H27ClN6O2. The summed E-state index contributed by atoms with van der Waals surface area (Å²) in [7, 11) is 0. The standard InChI is InChI=1S/C21H27ClN6O2/c1-13(2)16-11-24-28-18(10-17(22)25-19(16)28)26(20(29)30-21(3,4)5)12-15-8-9-23-27(15)14-6-7-14/h8-11,13-14H,6-7,12H2,1-5H3. The van der Waals surface area contributed by atoms with Gasteiger partial charge in [0.25, 0.3) is 0 Å². The summed E-state index contributed by atoms with van der Waals surface area (Å²) < 4.78 is 9.36. The van der Waals surface area contributed by atoms with E-state index in [1.807, 2.05) is 31.5 Å². The van der Waals surface area contributed by atoms with E-state index in [0.29, 0.717) is 22.7 Å². The minimum Gasteiger partial charge on any atom is -0.443 e. The highest BCUT2D eigenvalue weighted by Gasteiger charge is 2.31. The predicted octanol–water partition coefficient (Wildman–Crippen LogP) is 4.98. The summed E-state index contributed by atoms with van der Waals surface area (Å²) in [6.07, 6.45) is 5.26. The SMILES string of the molecule is CC(C)c1cnn2c(N(Cc3ccnn3C3CC3)C(=O)OC(C)(C)C)cc(Cl)nc12. The van der Waals surface area contributed by atoms with Crippen LogP contribution in [0.25, 0.3) is 5.65 Å². The normalized spacial score (nSPS) is 14.5. The Morgan fingerprint density at radius 1 is 1.33 bits per heavy atom. The van der Waals surface area contributed by atoms with Crippen LogP contribution in [0.3, 0.4) is 0 Å². The summed E-state index contributed by atoms with van der Waals surface area (Å²) in [5.74, 6) is 0.724. The van der Waals surface area contributed by atoms with Crippen LogP contribution in [-0.2, 0) is 11.3 Å². The molecule has 3 heterocycles. The molecule has 1 aliphatic carbocycles. The number of hydrogen-bond acceptors (Lipinski definition) is 5. The van der Waals surface area contributed by atoms with Crippen LogP contribution in [0.15, 0.2) is 24.5 Å². The average Bonchev–Trinajstić information content (AvgIpc) is 3.21. The maximum Gasteiger partial charge on any atom is 0.416 e. The number of rotatable bonds is 5. The molecule has 0 atom stereocenters. The third kappa shape index (κ3) is 4.14. The summed E-state index contributed by atoms with van der Waals surface area (Å²) in [4.78, 5) is 19.3. The van der Waals surface area contributed by atoms with E-state index in [9.17, 15) is 4.79 Å². The topological polar surface area (TPSA) is 77.5 Å². The van der Waals surface area contributed by atoms with Crippen molar-refractivity contribution in [1.29, 1.82) is 0 Å². The molecule has 1 aliphatic rings. The van der Waals surface area contributed by atoms with E-state index in [0.717, 1.165) is 24.1 Å². The third-order valence-corrected chi connectivity index (χ3v) is 5.12. The maximum atomic E-state index is 13.2. The Balaban J connectivity index is 1.81. The first kappa shape index (κ1) is 20.7. The van der Waals surface area contributed by atoms with E-state index in [1.54, 1.807) is 27.9 Å². The molecule has 0 aromatic carbocycles. The number of nitrogens with zero attached hydrogens (tertiary/aromatic N) is 6. The number of fused-ring (bicyclic) bond motifs is 1. The average molecular weight is 431 g/mol. The van der Waals surface area contributed by atoms with Gasteiger partial charge in [-0.25, -0.2) is 9.78 Å². The Kier molecular flexibility index (Phi) is 5.22. The minimum atomic E-state index is -0.644. The molecule has 3 aromatic heterocycles. The molecular weight excluding hydrogens is 404 g/mol. The molecule has 1 saturated carbocycles. The van der Waals surface area contributed by atoms with Gasteiger partial charge in [0, 0.05) is 17.8 Å². The molecule has 0 unspecified atom stereocenters. The first-order chi connectivity index (χ1) is 14.1. The molecule has 4 rings (SSSR count). The molecule has 0 N–H and O–H groups in total. The third-order valence-electron chi connectivity index (χ3n) is 4.93. The highest BCUT2D eigenvalue weighted by molar-refractivity contribution is 6.29. The number of ether oxygens (including phenoxy) is 1. The molecule has 160 valence electrons. The monoisotopic (exact) mass is 430 g/mol. The van der Waals surface area contributed by atoms with Gasteiger partial charge in [-0.3, -0.25) is 9.58 Å². The van der Waals surface area contributed by atoms with Crippen LogP contribution in [0.5, 0.6) is 0 Å². The Labute approximate surface area is 180 Å². The molecule has 0 aliphatic heterocycles. The van der Waals surface area contributed by atoms with Gasteiger partial charge in [0.2, 0.25) is 0 Å². The fourth-order valence-corrected chi connectivity index (χ4v) is 3.55. The van der Waals surface area contributed by atoms with Crippen molar-refractivity contribution in [2.45, 2.75) is 71.6 Å². The van der Waals surface area contributed by atoms with Crippen molar-refractivity contribution in [2.24, 2.45) is 0 Å². The largest absolute Gasteiger partial charge is 0.443 e. The van der Waals surface area contributed by atoms with E-state index in [-0.39, 0.29) is 12.5 Å². The molecule has 1 fully saturated rings. The zero-order chi connectivity index (χ0) is 21.6. The van der Waals surface area contributed by atoms with Gasteiger partial charge in [-0.2, -0.15) is 14.7 Å². The molecule has 0 spiro atoms. The zero-order valence-electron chi connectivity index (χ0n) is 18.0. The summed E-state index contributed by atoms with van der Waals surface area (Å²) in [5, 5.41) is 9.24. The van der Waals surface area contributed by atoms with Crippen molar-refractivity contribution in [3.05, 3.63) is 40.9 Å². The van der Waals surface area contributed by atoms with Crippen LogP contribution in [-0.4, -0.2) is 36.1 Å². The molecule has 0 saturated heterocycles. The molecule has 3 aromatic rings. The number of carbonyl (C=O) groups is 1. The van der Waals surface area contributed by atoms with Gasteiger partial charge >= 0.3 is 6.09 Å². The highest BCUT2D eigenvalue weighted by Crippen LogP contribution is 2.36. The van der Waals surface area contributed by atoms with Gasteiger partial charge in [-0.05, 0) is 45.6 Å². The summed E-state index contributed by atoms with van der Waals surface area (Å²) in [6.45, 7) is 9.96. The Bertz CT molecular complexity index is 1080. The van der Waals surface area contributed by atoms with E-state index in [2.05, 4.69) is 29.0 Å². The fraction of sp³-hybridized carbons (Fsp3) is 0.524. The van der Waals surface area contributed by atoms with E-state index < -0.39 is 11.7 Å². The lowest BCUT2D eigenvalue weighted by Crippen LogP contribution is -2.38. The molecule has 30 heavy (non-hydrogen) atoms. The van der Waals surface area contributed by atoms with Crippen LogP contribution in [0, 0.1) is 0 Å². The number of hydrogen-bond donors (Lipinski definition) is 0. The molecule has 1 amide bonds. The second kappa shape index (κ2) is 7.58. The van der Waals surface area contributed by atoms with Crippen molar-refractivity contribution >= 4 is 29.2 Å². The fourth-order valence-electron chi connectivity index (χ4n) is 3.37. The lowest BCUT2D eigenvalue weighted by molar-refractivity contribution is 0.0574. The van der Waals surface area contributed by atoms with Crippen LogP contribution in [0.2, 0.25) is 5.15 Å². The highest BCUT2D eigenvalue weighted by atomic mass is 35.5. The van der Waals surface area contributed by atoms with E-state index in [4.69, 9.17) is 16.3 Å². The van der Waals surface area contributed by atoms with Crippen LogP contribution in [0.4, 0.5) is 10.6 Å². The van der Waals surface area contributed by atoms with Gasteiger partial charge in [-0.1, -0.05) is 25.4 Å². The van der Waals surface area contributed by atoms with Crippen LogP contribution in [0.1, 0.15) is 70.7 Å². The molecule has 8 nitrogen and oxygen atoms in total. The van der Waals surface area contributed by atoms with Crippen molar-refractivity contribution in [3.8, 4) is 0 Å². The molecule has 0 radical (unpaired) electrons. The number of anilines is 1. The molecule has 9 heteroatoms. The van der Waals surface area contributed by atoms with Gasteiger partial charge < -0.3 is 4.74 Å². The van der Waals surface area contributed by atoms with Crippen molar-refractivity contribution in [2.75, 3.05) is 4.90 Å². The Morgan fingerprint density at radius 2 is 2.07 bits per heavy atom. The zero-order valence-corrected chi connectivity index (χ0v) is 18.7. The molecule has 0 bridgehead atoms. The Hall–Kier alpha value is -2.61. The van der Waals surface area contributed by atoms with E-state index >= 15 is 0 Å². The van der Waals surface area contributed by atoms with Gasteiger partial charge in [0.1, 0.15) is 16.6 Å². The number of aromatic nitrogens is 5.